The van der Waals surface area contributed by atoms with Gasteiger partial charge < -0.3 is 15.4 Å². The first-order valence-electron chi connectivity index (χ1n) is 12.0. The van der Waals surface area contributed by atoms with Crippen molar-refractivity contribution in [2.45, 2.75) is 70.8 Å². The third-order valence-electron chi connectivity index (χ3n) is 4.74. The van der Waals surface area contributed by atoms with Crippen molar-refractivity contribution in [1.82, 2.24) is 15.3 Å². The first kappa shape index (κ1) is 28.6. The quantitative estimate of drug-likeness (QED) is 0.141. The third-order valence-corrected chi connectivity index (χ3v) is 4.74. The fraction of sp³-hybridized carbons (Fsp3) is 0.393. The lowest BCUT2D eigenvalue weighted by atomic mass is 10.1. The Morgan fingerprint density at radius 2 is 1.53 bits per heavy atom. The van der Waals surface area contributed by atoms with Crippen LogP contribution in [0.5, 0.6) is 0 Å². The minimum absolute atomic E-state index is 0.157. The molecule has 6 heteroatoms. The predicted molar refractivity (Wildman–Crippen MR) is 139 cm³/mol. The molecule has 0 aromatic carbocycles. The molecule has 0 saturated carbocycles. The Balaban J connectivity index is 2.08. The number of unbranched alkanes of at least 4 members (excludes halogenated alkanes) is 1. The van der Waals surface area contributed by atoms with Gasteiger partial charge in [0.1, 0.15) is 6.04 Å². The van der Waals surface area contributed by atoms with Crippen LogP contribution in [0.15, 0.2) is 85.4 Å². The Labute approximate surface area is 204 Å². The minimum atomic E-state index is -1.07. The first-order chi connectivity index (χ1) is 16.6. The van der Waals surface area contributed by atoms with Crippen molar-refractivity contribution in [2.24, 2.45) is 0 Å². The van der Waals surface area contributed by atoms with Gasteiger partial charge in [0, 0.05) is 19.0 Å². The van der Waals surface area contributed by atoms with E-state index in [0.717, 1.165) is 38.5 Å². The maximum Gasteiger partial charge on any atom is 0.326 e. The van der Waals surface area contributed by atoms with Gasteiger partial charge in [0.2, 0.25) is 5.91 Å². The number of hydrogen-bond acceptors (Lipinski definition) is 3. The van der Waals surface area contributed by atoms with Crippen molar-refractivity contribution in [1.29, 1.82) is 0 Å². The van der Waals surface area contributed by atoms with Gasteiger partial charge in [-0.3, -0.25) is 4.79 Å². The summed E-state index contributed by atoms with van der Waals surface area (Å²) in [4.78, 5) is 30.1. The average Bonchev–Trinajstić information content (AvgIpc) is 3.33. The molecule has 184 valence electrons. The van der Waals surface area contributed by atoms with Crippen LogP contribution in [0.2, 0.25) is 0 Å². The molecule has 3 N–H and O–H groups in total. The number of imidazole rings is 1. The maximum absolute atomic E-state index is 12.0. The van der Waals surface area contributed by atoms with Crippen LogP contribution in [-0.2, 0) is 16.0 Å². The average molecular weight is 466 g/mol. The Bertz CT molecular complexity index is 846. The summed E-state index contributed by atoms with van der Waals surface area (Å²) < 4.78 is 0. The second-order valence-corrected chi connectivity index (χ2v) is 7.70. The Morgan fingerprint density at radius 1 is 0.912 bits per heavy atom. The molecular weight excluding hydrogens is 426 g/mol. The van der Waals surface area contributed by atoms with Gasteiger partial charge in [0.05, 0.1) is 12.0 Å². The molecule has 0 saturated heterocycles. The van der Waals surface area contributed by atoms with E-state index in [9.17, 15) is 14.7 Å². The molecule has 34 heavy (non-hydrogen) atoms. The molecule has 0 bridgehead atoms. The zero-order valence-electron chi connectivity index (χ0n) is 20.2. The van der Waals surface area contributed by atoms with Gasteiger partial charge >= 0.3 is 5.97 Å². The van der Waals surface area contributed by atoms with Gasteiger partial charge in [-0.25, -0.2) is 9.78 Å². The van der Waals surface area contributed by atoms with Crippen molar-refractivity contribution < 1.29 is 14.7 Å². The zero-order valence-corrected chi connectivity index (χ0v) is 20.2. The van der Waals surface area contributed by atoms with E-state index >= 15 is 0 Å². The summed E-state index contributed by atoms with van der Waals surface area (Å²) in [6.45, 7) is 2.14. The zero-order chi connectivity index (χ0) is 24.7. The Morgan fingerprint density at radius 3 is 2.21 bits per heavy atom. The maximum atomic E-state index is 12.0. The van der Waals surface area contributed by atoms with Gasteiger partial charge in [-0.05, 0) is 44.9 Å². The van der Waals surface area contributed by atoms with Crippen molar-refractivity contribution >= 4 is 11.9 Å². The van der Waals surface area contributed by atoms with Gasteiger partial charge in [0.15, 0.2) is 0 Å². The summed E-state index contributed by atoms with van der Waals surface area (Å²) >= 11 is 0. The molecule has 1 amide bonds. The van der Waals surface area contributed by atoms with Gasteiger partial charge in [-0.2, -0.15) is 0 Å². The molecule has 0 radical (unpaired) electrons. The monoisotopic (exact) mass is 465 g/mol. The number of carbonyl (C=O) groups is 2. The van der Waals surface area contributed by atoms with Crippen molar-refractivity contribution in [3.8, 4) is 0 Å². The molecule has 1 aromatic heterocycles. The highest BCUT2D eigenvalue weighted by Gasteiger charge is 2.20. The molecule has 1 rings (SSSR count). The molecule has 0 aliphatic rings. The number of H-pyrrole nitrogens is 1. The number of carbonyl (C=O) groups excluding carboxylic acids is 1. The number of aromatic amines is 1. The third kappa shape index (κ3) is 16.3. The highest BCUT2D eigenvalue weighted by atomic mass is 16.4. The number of carboxylic acids is 1. The lowest BCUT2D eigenvalue weighted by Gasteiger charge is -2.12. The van der Waals surface area contributed by atoms with Crippen LogP contribution < -0.4 is 5.32 Å². The molecule has 0 spiro atoms. The number of rotatable bonds is 18. The molecule has 1 heterocycles. The van der Waals surface area contributed by atoms with Crippen LogP contribution in [0.3, 0.4) is 0 Å². The largest absolute Gasteiger partial charge is 0.480 e. The van der Waals surface area contributed by atoms with E-state index in [1.54, 1.807) is 6.20 Å². The fourth-order valence-corrected chi connectivity index (χ4v) is 2.94. The minimum Gasteiger partial charge on any atom is -0.480 e. The highest BCUT2D eigenvalue weighted by Crippen LogP contribution is 2.01. The normalized spacial score (nSPS) is 13.4. The number of amides is 1. The van der Waals surface area contributed by atoms with Crippen LogP contribution in [-0.4, -0.2) is 33.0 Å². The smallest absolute Gasteiger partial charge is 0.326 e. The Kier molecular flexibility index (Phi) is 17.0. The van der Waals surface area contributed by atoms with Gasteiger partial charge in [-0.15, -0.1) is 0 Å². The van der Waals surface area contributed by atoms with Crippen LogP contribution in [0.1, 0.15) is 64.0 Å². The molecule has 1 aromatic rings. The van der Waals surface area contributed by atoms with Crippen LogP contribution in [0.25, 0.3) is 0 Å². The van der Waals surface area contributed by atoms with Gasteiger partial charge in [-0.1, -0.05) is 79.8 Å². The topological polar surface area (TPSA) is 95.1 Å². The van der Waals surface area contributed by atoms with Crippen LogP contribution in [0, 0.1) is 0 Å². The number of aliphatic carboxylic acids is 1. The molecule has 0 aliphatic carbocycles. The summed E-state index contributed by atoms with van der Waals surface area (Å²) in [5, 5.41) is 11.8. The molecule has 1 unspecified atom stereocenters. The van der Waals surface area contributed by atoms with E-state index in [1.807, 2.05) is 12.2 Å². The molecule has 1 atom stereocenters. The number of carboxylic acid groups (broad SMARTS) is 1. The molecule has 6 nitrogen and oxygen atoms in total. The van der Waals surface area contributed by atoms with Crippen LogP contribution >= 0.6 is 0 Å². The lowest BCUT2D eigenvalue weighted by Crippen LogP contribution is -2.42. The summed E-state index contributed by atoms with van der Waals surface area (Å²) in [5.41, 5.74) is 0.601. The Hall–Kier alpha value is -3.41. The van der Waals surface area contributed by atoms with E-state index in [-0.39, 0.29) is 18.7 Å². The number of aromatic nitrogens is 2. The first-order valence-corrected chi connectivity index (χ1v) is 12.0. The summed E-state index contributed by atoms with van der Waals surface area (Å²) in [5.74, 6) is -1.34. The second kappa shape index (κ2) is 20.2. The van der Waals surface area contributed by atoms with Crippen molar-refractivity contribution in [3.63, 3.8) is 0 Å². The van der Waals surface area contributed by atoms with Crippen molar-refractivity contribution in [2.75, 3.05) is 0 Å². The summed E-state index contributed by atoms with van der Waals surface area (Å²) in [6, 6.07) is -0.972. The highest BCUT2D eigenvalue weighted by molar-refractivity contribution is 5.83. The number of allylic oxidation sites excluding steroid dienone is 12. The van der Waals surface area contributed by atoms with E-state index in [2.05, 4.69) is 83.0 Å². The summed E-state index contributed by atoms with van der Waals surface area (Å²) in [7, 11) is 0. The lowest BCUT2D eigenvalue weighted by molar-refractivity contribution is -0.141. The number of nitrogens with one attached hydrogen (secondary N) is 2. The molecule has 0 aliphatic heterocycles. The van der Waals surface area contributed by atoms with Gasteiger partial charge in [0.25, 0.3) is 0 Å². The van der Waals surface area contributed by atoms with E-state index in [0.29, 0.717) is 12.1 Å². The predicted octanol–water partition coefficient (Wildman–Crippen LogP) is 6.00. The molecular formula is C28H39N3O3. The van der Waals surface area contributed by atoms with E-state index < -0.39 is 12.0 Å². The van der Waals surface area contributed by atoms with E-state index in [1.165, 1.54) is 6.33 Å². The van der Waals surface area contributed by atoms with Crippen LogP contribution in [0.4, 0.5) is 0 Å². The SMILES string of the molecule is CCC=CCC=CCCC=CC=CCC=CCC=CCCC(=O)NC(Cc1c[nH]cn1)C(=O)O. The molecule has 0 fully saturated rings. The number of nitrogens with zero attached hydrogens (tertiary/aromatic N) is 1. The van der Waals surface area contributed by atoms with E-state index in [4.69, 9.17) is 0 Å². The number of hydrogen-bond donors (Lipinski definition) is 3. The van der Waals surface area contributed by atoms with Crippen molar-refractivity contribution in [3.05, 3.63) is 91.1 Å². The standard InChI is InChI=1S/C28H39N3O3/c1-2-3-4-5-6-7-8-9-10-11-12-13-14-15-16-17-18-19-20-21-27(32)31-26(28(33)34)22-25-23-29-24-30-25/h3-4,6-7,10-13,15-16,18-19,23-24,26H,2,5,8-9,14,17,20-22H2,1H3,(H,29,30)(H,31,32)(H,33,34). The fourth-order valence-electron chi connectivity index (χ4n) is 2.94. The summed E-state index contributed by atoms with van der Waals surface area (Å²) in [6.07, 6.45) is 35.5. The second-order valence-electron chi connectivity index (χ2n) is 7.70.